The summed E-state index contributed by atoms with van der Waals surface area (Å²) in [5.74, 6) is -2.07. The number of aliphatic hydroxyl groups is 1. The number of aryl methyl sites for hydroxylation is 1. The van der Waals surface area contributed by atoms with Gasteiger partial charge in [0.25, 0.3) is 0 Å². The molecule has 212 valence electrons. The Morgan fingerprint density at radius 2 is 1.79 bits per heavy atom. The van der Waals surface area contributed by atoms with Crippen LogP contribution in [0.4, 0.5) is 0 Å². The zero-order chi connectivity index (χ0) is 28.7. The fraction of sp³-hybridized carbons (Fsp3) is 0.536. The van der Waals surface area contributed by atoms with Crippen molar-refractivity contribution in [3.63, 3.8) is 0 Å². The number of likely N-dealkylation sites (tertiary alicyclic amines) is 1. The monoisotopic (exact) mass is 558 g/mol. The van der Waals surface area contributed by atoms with E-state index in [1.54, 1.807) is 16.8 Å². The molecule has 11 heteroatoms. The third-order valence-electron chi connectivity index (χ3n) is 6.76. The van der Waals surface area contributed by atoms with E-state index < -0.39 is 35.5 Å². The van der Waals surface area contributed by atoms with Gasteiger partial charge < -0.3 is 25.7 Å². The highest BCUT2D eigenvalue weighted by Crippen LogP contribution is 2.28. The topological polar surface area (TPSA) is 149 Å². The Bertz CT molecular complexity index is 1170. The van der Waals surface area contributed by atoms with E-state index in [-0.39, 0.29) is 44.2 Å². The van der Waals surface area contributed by atoms with Gasteiger partial charge in [0.2, 0.25) is 17.7 Å². The average Bonchev–Trinajstić information content (AvgIpc) is 3.48. The second-order valence-corrected chi connectivity index (χ2v) is 11.9. The lowest BCUT2D eigenvalue weighted by Crippen LogP contribution is -2.57. The number of carbonyl (C=O) groups excluding carboxylic acids is 3. The van der Waals surface area contributed by atoms with Gasteiger partial charge in [-0.05, 0) is 36.3 Å². The van der Waals surface area contributed by atoms with Gasteiger partial charge in [0.15, 0.2) is 0 Å². The summed E-state index contributed by atoms with van der Waals surface area (Å²) in [6.45, 7) is 7.69. The molecule has 2 heterocycles. The highest BCUT2D eigenvalue weighted by Gasteiger charge is 2.44. The lowest BCUT2D eigenvalue weighted by Gasteiger charge is -2.35. The predicted octanol–water partition coefficient (Wildman–Crippen LogP) is 2.87. The number of aliphatic carboxylic acids is 1. The number of nitrogens with zero attached hydrogens (tertiary/aromatic N) is 2. The lowest BCUT2D eigenvalue weighted by atomic mass is 9.85. The number of hydrogen-bond acceptors (Lipinski definition) is 7. The van der Waals surface area contributed by atoms with Crippen LogP contribution in [0.25, 0.3) is 10.4 Å². The summed E-state index contributed by atoms with van der Waals surface area (Å²) < 4.78 is 0. The van der Waals surface area contributed by atoms with Crippen LogP contribution in [0.15, 0.2) is 29.8 Å². The number of carbonyl (C=O) groups is 4. The molecule has 1 aliphatic heterocycles. The van der Waals surface area contributed by atoms with Gasteiger partial charge in [-0.3, -0.25) is 19.2 Å². The van der Waals surface area contributed by atoms with E-state index in [1.165, 1.54) is 4.90 Å². The van der Waals surface area contributed by atoms with Crippen molar-refractivity contribution >= 4 is 35.0 Å². The van der Waals surface area contributed by atoms with Gasteiger partial charge >= 0.3 is 5.97 Å². The minimum Gasteiger partial charge on any atom is -0.481 e. The maximum Gasteiger partial charge on any atom is 0.303 e. The molecule has 3 amide bonds. The van der Waals surface area contributed by atoms with E-state index in [4.69, 9.17) is 5.11 Å². The van der Waals surface area contributed by atoms with Gasteiger partial charge in [-0.2, -0.15) is 0 Å². The number of carboxylic acids is 1. The Hall–Kier alpha value is -3.31. The lowest BCUT2D eigenvalue weighted by molar-refractivity contribution is -0.144. The standard InChI is InChI=1S/C28H38N4O6S/c1-17-24(39-16-30-17)19-11-9-18(10-12-19)14-29-26(37)21-13-20(33)15-32(21)27(38)25(28(2,3)4)31-22(34)7-5-6-8-23(35)36/h9-12,16,20-21,25,33H,5-8,13-15H2,1-4H3,(H,29,37)(H,31,34)(H,35,36)/t20?,21-,25+/m0/s1. The molecule has 4 N–H and O–H groups in total. The normalized spacial score (nSPS) is 18.0. The van der Waals surface area contributed by atoms with Gasteiger partial charge in [0, 0.05) is 32.4 Å². The van der Waals surface area contributed by atoms with Crippen molar-refractivity contribution in [1.29, 1.82) is 0 Å². The molecule has 1 aromatic carbocycles. The quantitative estimate of drug-likeness (QED) is 0.310. The summed E-state index contributed by atoms with van der Waals surface area (Å²) in [7, 11) is 0. The summed E-state index contributed by atoms with van der Waals surface area (Å²) in [5.41, 5.74) is 4.07. The fourth-order valence-electron chi connectivity index (χ4n) is 4.58. The number of carboxylic acid groups (broad SMARTS) is 1. The van der Waals surface area contributed by atoms with E-state index >= 15 is 0 Å². The van der Waals surface area contributed by atoms with Crippen molar-refractivity contribution in [3.05, 3.63) is 41.0 Å². The van der Waals surface area contributed by atoms with Crippen molar-refractivity contribution < 1.29 is 29.4 Å². The van der Waals surface area contributed by atoms with Crippen molar-refractivity contribution in [2.45, 2.75) is 84.5 Å². The minimum absolute atomic E-state index is 0.000872. The van der Waals surface area contributed by atoms with E-state index in [0.717, 1.165) is 21.7 Å². The van der Waals surface area contributed by atoms with E-state index in [9.17, 15) is 24.3 Å². The van der Waals surface area contributed by atoms with Crippen LogP contribution in [-0.4, -0.2) is 68.5 Å². The molecule has 0 aliphatic carbocycles. The second kappa shape index (κ2) is 13.2. The fourth-order valence-corrected chi connectivity index (χ4v) is 5.39. The molecule has 0 spiro atoms. The van der Waals surface area contributed by atoms with Crippen molar-refractivity contribution in [1.82, 2.24) is 20.5 Å². The SMILES string of the molecule is Cc1ncsc1-c1ccc(CNC(=O)[C@@H]2CC(O)CN2C(=O)[C@@H](NC(=O)CCCCC(=O)O)C(C)(C)C)cc1. The van der Waals surface area contributed by atoms with Gasteiger partial charge in [0.05, 0.1) is 22.2 Å². The number of hydrogen-bond donors (Lipinski definition) is 4. The second-order valence-electron chi connectivity index (χ2n) is 11.0. The molecule has 1 aromatic heterocycles. The van der Waals surface area contributed by atoms with Crippen LogP contribution < -0.4 is 10.6 Å². The number of thiazole rings is 1. The Labute approximate surface area is 232 Å². The molecule has 0 bridgehead atoms. The minimum atomic E-state index is -0.918. The molecular formula is C28H38N4O6S. The zero-order valence-electron chi connectivity index (χ0n) is 22.9. The molecule has 2 aromatic rings. The van der Waals surface area contributed by atoms with Crippen LogP contribution in [0.2, 0.25) is 0 Å². The predicted molar refractivity (Wildman–Crippen MR) is 148 cm³/mol. The maximum atomic E-state index is 13.6. The molecule has 1 unspecified atom stereocenters. The number of β-amino-alcohol motifs (C(OH)–C–C–N with tert-alkyl or cyclic N) is 1. The van der Waals surface area contributed by atoms with Crippen LogP contribution in [0, 0.1) is 12.3 Å². The van der Waals surface area contributed by atoms with Crippen LogP contribution in [-0.2, 0) is 25.7 Å². The number of aliphatic hydroxyl groups excluding tert-OH is 1. The Balaban J connectivity index is 1.62. The third kappa shape index (κ3) is 8.34. The summed E-state index contributed by atoms with van der Waals surface area (Å²) in [5, 5.41) is 24.8. The Kier molecular flexibility index (Phi) is 10.2. The summed E-state index contributed by atoms with van der Waals surface area (Å²) in [6.07, 6.45) is 0.0982. The molecule has 1 aliphatic rings. The van der Waals surface area contributed by atoms with Gasteiger partial charge in [-0.15, -0.1) is 11.3 Å². The number of amides is 3. The number of aromatic nitrogens is 1. The van der Waals surface area contributed by atoms with Gasteiger partial charge in [-0.25, -0.2) is 4.98 Å². The third-order valence-corrected chi connectivity index (χ3v) is 7.73. The molecule has 0 saturated carbocycles. The largest absolute Gasteiger partial charge is 0.481 e. The first-order valence-corrected chi connectivity index (χ1v) is 14.0. The van der Waals surface area contributed by atoms with Gasteiger partial charge in [0.1, 0.15) is 12.1 Å². The molecule has 1 fully saturated rings. The van der Waals surface area contributed by atoms with Crippen LogP contribution >= 0.6 is 11.3 Å². The van der Waals surface area contributed by atoms with E-state index in [2.05, 4.69) is 15.6 Å². The smallest absolute Gasteiger partial charge is 0.303 e. The zero-order valence-corrected chi connectivity index (χ0v) is 23.7. The average molecular weight is 559 g/mol. The van der Waals surface area contributed by atoms with Crippen LogP contribution in [0.5, 0.6) is 0 Å². The summed E-state index contributed by atoms with van der Waals surface area (Å²) in [6, 6.07) is 6.06. The molecule has 0 radical (unpaired) electrons. The first kappa shape index (κ1) is 30.2. The van der Waals surface area contributed by atoms with Crippen LogP contribution in [0.3, 0.4) is 0 Å². The first-order chi connectivity index (χ1) is 18.4. The highest BCUT2D eigenvalue weighted by molar-refractivity contribution is 7.13. The molecule has 3 rings (SSSR count). The van der Waals surface area contributed by atoms with Crippen LogP contribution in [0.1, 0.15) is 64.1 Å². The highest BCUT2D eigenvalue weighted by atomic mass is 32.1. The number of unbranched alkanes of at least 4 members (excludes halogenated alkanes) is 1. The Morgan fingerprint density at radius 1 is 1.13 bits per heavy atom. The maximum absolute atomic E-state index is 13.6. The summed E-state index contributed by atoms with van der Waals surface area (Å²) in [4.78, 5) is 56.7. The van der Waals surface area contributed by atoms with E-state index in [1.807, 2.05) is 52.0 Å². The van der Waals surface area contributed by atoms with Crippen molar-refractivity contribution in [2.24, 2.45) is 5.41 Å². The molecule has 10 nitrogen and oxygen atoms in total. The summed E-state index contributed by atoms with van der Waals surface area (Å²) >= 11 is 1.57. The molecule has 39 heavy (non-hydrogen) atoms. The number of nitrogens with one attached hydrogen (secondary N) is 2. The molecular weight excluding hydrogens is 520 g/mol. The first-order valence-electron chi connectivity index (χ1n) is 13.1. The van der Waals surface area contributed by atoms with Crippen molar-refractivity contribution in [2.75, 3.05) is 6.54 Å². The van der Waals surface area contributed by atoms with Crippen molar-refractivity contribution in [3.8, 4) is 10.4 Å². The molecule has 3 atom stereocenters. The number of rotatable bonds is 11. The van der Waals surface area contributed by atoms with Gasteiger partial charge in [-0.1, -0.05) is 45.0 Å². The molecule has 1 saturated heterocycles. The van der Waals surface area contributed by atoms with E-state index in [0.29, 0.717) is 12.8 Å². The number of benzene rings is 1. The Morgan fingerprint density at radius 3 is 2.38 bits per heavy atom.